The van der Waals surface area contributed by atoms with Gasteiger partial charge in [-0.3, -0.25) is 4.79 Å². The number of methoxy groups -OCH3 is 1. The van der Waals surface area contributed by atoms with Crippen LogP contribution < -0.4 is 15.5 Å². The zero-order chi connectivity index (χ0) is 24.1. The molecule has 0 atom stereocenters. The molecular weight excluding hydrogens is 540 g/mol. The Balaban J connectivity index is 1.38. The molecule has 0 spiro atoms. The van der Waals surface area contributed by atoms with Gasteiger partial charge >= 0.3 is 0 Å². The number of aromatic nitrogens is 1. The van der Waals surface area contributed by atoms with Crippen molar-refractivity contribution in [3.8, 4) is 22.8 Å². The van der Waals surface area contributed by atoms with Crippen LogP contribution in [-0.2, 0) is 0 Å². The number of nitrogens with one attached hydrogen (secondary N) is 2. The van der Waals surface area contributed by atoms with Gasteiger partial charge in [-0.1, -0.05) is 23.7 Å². The predicted molar refractivity (Wildman–Crippen MR) is 140 cm³/mol. The Morgan fingerprint density at radius 1 is 1.18 bits per heavy atom. The summed E-state index contributed by atoms with van der Waals surface area (Å²) in [6.45, 7) is 0. The molecule has 0 saturated carbocycles. The summed E-state index contributed by atoms with van der Waals surface area (Å²) in [5.41, 5.74) is 6.19. The molecule has 1 aromatic heterocycles. The van der Waals surface area contributed by atoms with E-state index in [1.54, 1.807) is 24.3 Å². The average Bonchev–Trinajstić information content (AvgIpc) is 3.31. The lowest BCUT2D eigenvalue weighted by Crippen LogP contribution is -2.17. The maximum absolute atomic E-state index is 12.4. The molecule has 1 heterocycles. The van der Waals surface area contributed by atoms with E-state index in [9.17, 15) is 9.90 Å². The van der Waals surface area contributed by atoms with Gasteiger partial charge in [0.25, 0.3) is 5.91 Å². The fraction of sp³-hybridized carbons (Fsp3) is 0.0417. The highest BCUT2D eigenvalue weighted by atomic mass is 79.9. The minimum Gasteiger partial charge on any atom is -0.503 e. The number of halogens is 2. The Morgan fingerprint density at radius 2 is 1.91 bits per heavy atom. The standard InChI is InChI=1S/C24H18BrClN4O3S/c1-33-21-11-14(10-19(25)22(21)31)12-27-30-23(32)16-4-2-15(3-5-16)20-13-34-24(29-20)28-18-8-6-17(26)7-9-18/h2-13,31H,1H3,(H,28,29)(H,30,32)/b27-12-. The van der Waals surface area contributed by atoms with Crippen molar-refractivity contribution in [2.24, 2.45) is 5.10 Å². The molecule has 0 bridgehead atoms. The van der Waals surface area contributed by atoms with E-state index < -0.39 is 0 Å². The van der Waals surface area contributed by atoms with Crippen LogP contribution in [0.2, 0.25) is 5.02 Å². The summed E-state index contributed by atoms with van der Waals surface area (Å²) in [4.78, 5) is 17.0. The van der Waals surface area contributed by atoms with Gasteiger partial charge in [-0.25, -0.2) is 10.4 Å². The molecule has 34 heavy (non-hydrogen) atoms. The van der Waals surface area contributed by atoms with Crippen LogP contribution in [0.1, 0.15) is 15.9 Å². The van der Waals surface area contributed by atoms with E-state index in [4.69, 9.17) is 16.3 Å². The van der Waals surface area contributed by atoms with Gasteiger partial charge in [0.05, 0.1) is 23.5 Å². The number of rotatable bonds is 7. The first-order chi connectivity index (χ1) is 16.4. The molecular formula is C24H18BrClN4O3S. The Bertz CT molecular complexity index is 1340. The second-order valence-electron chi connectivity index (χ2n) is 7.00. The zero-order valence-electron chi connectivity index (χ0n) is 17.8. The molecule has 172 valence electrons. The van der Waals surface area contributed by atoms with Crippen LogP contribution in [0.5, 0.6) is 11.5 Å². The van der Waals surface area contributed by atoms with Crippen molar-refractivity contribution in [3.05, 3.63) is 86.7 Å². The minimum atomic E-state index is -0.351. The Kier molecular flexibility index (Phi) is 7.46. The molecule has 3 N–H and O–H groups in total. The Labute approximate surface area is 213 Å². The van der Waals surface area contributed by atoms with E-state index in [0.29, 0.717) is 26.4 Å². The molecule has 0 unspecified atom stereocenters. The first kappa shape index (κ1) is 23.7. The number of nitrogens with zero attached hydrogens (tertiary/aromatic N) is 2. The van der Waals surface area contributed by atoms with Gasteiger partial charge in [0.1, 0.15) is 0 Å². The summed E-state index contributed by atoms with van der Waals surface area (Å²) in [6.07, 6.45) is 1.46. The van der Waals surface area contributed by atoms with Crippen LogP contribution in [0.4, 0.5) is 10.8 Å². The van der Waals surface area contributed by atoms with Crippen molar-refractivity contribution in [1.29, 1.82) is 0 Å². The number of anilines is 2. The van der Waals surface area contributed by atoms with Gasteiger partial charge in [-0.2, -0.15) is 5.10 Å². The lowest BCUT2D eigenvalue weighted by Gasteiger charge is -2.06. The van der Waals surface area contributed by atoms with Gasteiger partial charge in [-0.15, -0.1) is 11.3 Å². The van der Waals surface area contributed by atoms with Crippen molar-refractivity contribution < 1.29 is 14.6 Å². The van der Waals surface area contributed by atoms with Crippen LogP contribution in [0.25, 0.3) is 11.3 Å². The van der Waals surface area contributed by atoms with Crippen LogP contribution >= 0.6 is 38.9 Å². The molecule has 0 radical (unpaired) electrons. The SMILES string of the molecule is COc1cc(/C=N\NC(=O)c2ccc(-c3csc(Nc4ccc(Cl)cc4)n3)cc2)cc(Br)c1O. The molecule has 4 aromatic rings. The number of aromatic hydroxyl groups is 1. The van der Waals surface area contributed by atoms with Crippen molar-refractivity contribution in [1.82, 2.24) is 10.4 Å². The number of ether oxygens (including phenoxy) is 1. The topological polar surface area (TPSA) is 95.8 Å². The highest BCUT2D eigenvalue weighted by Gasteiger charge is 2.09. The quantitative estimate of drug-likeness (QED) is 0.179. The molecule has 7 nitrogen and oxygen atoms in total. The summed E-state index contributed by atoms with van der Waals surface area (Å²) in [5.74, 6) is -0.0564. The number of thiazole rings is 1. The van der Waals surface area contributed by atoms with Gasteiger partial charge in [0, 0.05) is 27.2 Å². The molecule has 1 amide bonds. The smallest absolute Gasteiger partial charge is 0.271 e. The summed E-state index contributed by atoms with van der Waals surface area (Å²) < 4.78 is 5.57. The van der Waals surface area contributed by atoms with E-state index in [2.05, 4.69) is 36.8 Å². The van der Waals surface area contributed by atoms with E-state index >= 15 is 0 Å². The number of phenols is 1. The van der Waals surface area contributed by atoms with Gasteiger partial charge < -0.3 is 15.2 Å². The third kappa shape index (κ3) is 5.74. The number of benzene rings is 3. The van der Waals surface area contributed by atoms with Crippen molar-refractivity contribution in [3.63, 3.8) is 0 Å². The number of hydrogen-bond donors (Lipinski definition) is 3. The fourth-order valence-corrected chi connectivity index (χ4v) is 4.29. The number of amides is 1. The third-order valence-corrected chi connectivity index (χ3v) is 6.31. The number of carbonyl (C=O) groups excluding carboxylic acids is 1. The highest BCUT2D eigenvalue weighted by molar-refractivity contribution is 9.10. The largest absolute Gasteiger partial charge is 0.503 e. The first-order valence-corrected chi connectivity index (χ1v) is 12.0. The lowest BCUT2D eigenvalue weighted by atomic mass is 10.1. The Morgan fingerprint density at radius 3 is 2.62 bits per heavy atom. The molecule has 0 saturated heterocycles. The van der Waals surface area contributed by atoms with Crippen LogP contribution in [0.3, 0.4) is 0 Å². The van der Waals surface area contributed by atoms with Gasteiger partial charge in [0.2, 0.25) is 0 Å². The molecule has 3 aromatic carbocycles. The predicted octanol–water partition coefficient (Wildman–Crippen LogP) is 6.45. The molecule has 0 aliphatic carbocycles. The number of phenolic OH excluding ortho intramolecular Hbond substituents is 1. The maximum Gasteiger partial charge on any atom is 0.271 e. The number of hydrogen-bond acceptors (Lipinski definition) is 7. The van der Waals surface area contributed by atoms with Crippen LogP contribution in [0, 0.1) is 0 Å². The highest BCUT2D eigenvalue weighted by Crippen LogP contribution is 2.34. The fourth-order valence-electron chi connectivity index (χ4n) is 2.97. The summed E-state index contributed by atoms with van der Waals surface area (Å²) in [7, 11) is 1.45. The van der Waals surface area contributed by atoms with E-state index in [1.807, 2.05) is 41.8 Å². The van der Waals surface area contributed by atoms with Gasteiger partial charge in [0.15, 0.2) is 16.6 Å². The Hall–Kier alpha value is -3.40. The minimum absolute atomic E-state index is 0.00299. The van der Waals surface area contributed by atoms with Crippen LogP contribution in [0.15, 0.2) is 75.6 Å². The average molecular weight is 558 g/mol. The second kappa shape index (κ2) is 10.7. The van der Waals surface area contributed by atoms with Crippen molar-refractivity contribution >= 4 is 61.8 Å². The second-order valence-corrected chi connectivity index (χ2v) is 9.15. The normalized spacial score (nSPS) is 10.9. The van der Waals surface area contributed by atoms with E-state index in [-0.39, 0.29) is 11.7 Å². The number of hydrazone groups is 1. The first-order valence-electron chi connectivity index (χ1n) is 9.91. The molecule has 4 rings (SSSR count). The third-order valence-electron chi connectivity index (χ3n) is 4.69. The van der Waals surface area contributed by atoms with Crippen molar-refractivity contribution in [2.45, 2.75) is 0 Å². The van der Waals surface area contributed by atoms with Crippen LogP contribution in [-0.4, -0.2) is 29.3 Å². The summed E-state index contributed by atoms with van der Waals surface area (Å²) >= 11 is 10.7. The zero-order valence-corrected chi connectivity index (χ0v) is 20.9. The van der Waals surface area contributed by atoms with E-state index in [0.717, 1.165) is 22.1 Å². The lowest BCUT2D eigenvalue weighted by molar-refractivity contribution is 0.0955. The summed E-state index contributed by atoms with van der Waals surface area (Å²) in [5, 5.41) is 20.5. The molecule has 0 aliphatic rings. The van der Waals surface area contributed by atoms with E-state index in [1.165, 1.54) is 24.7 Å². The molecule has 10 heteroatoms. The maximum atomic E-state index is 12.4. The number of carbonyl (C=O) groups is 1. The molecule has 0 fully saturated rings. The van der Waals surface area contributed by atoms with Crippen molar-refractivity contribution in [2.75, 3.05) is 12.4 Å². The monoisotopic (exact) mass is 556 g/mol. The van der Waals surface area contributed by atoms with Gasteiger partial charge in [-0.05, 0) is 70.0 Å². The molecule has 0 aliphatic heterocycles. The summed E-state index contributed by atoms with van der Waals surface area (Å²) in [6, 6.07) is 17.8.